The second-order valence-corrected chi connectivity index (χ2v) is 5.73. The highest BCUT2D eigenvalue weighted by molar-refractivity contribution is 5.57. The lowest BCUT2D eigenvalue weighted by atomic mass is 10.1. The first kappa shape index (κ1) is 16.0. The van der Waals surface area contributed by atoms with E-state index in [2.05, 4.69) is 44.9 Å². The summed E-state index contributed by atoms with van der Waals surface area (Å²) in [5, 5.41) is 6.63. The van der Waals surface area contributed by atoms with E-state index in [1.807, 2.05) is 49.4 Å². The Kier molecular flexibility index (Phi) is 5.40. The molecule has 0 radical (unpaired) electrons. The van der Waals surface area contributed by atoms with Crippen molar-refractivity contribution in [2.24, 2.45) is 0 Å². The van der Waals surface area contributed by atoms with Crippen molar-refractivity contribution in [1.82, 2.24) is 9.97 Å². The van der Waals surface area contributed by atoms with E-state index in [9.17, 15) is 0 Å². The highest BCUT2D eigenvalue weighted by Gasteiger charge is 2.02. The van der Waals surface area contributed by atoms with Crippen molar-refractivity contribution < 1.29 is 0 Å². The third kappa shape index (κ3) is 4.81. The molecule has 1 heterocycles. The lowest BCUT2D eigenvalue weighted by molar-refractivity contribution is 0.851. The van der Waals surface area contributed by atoms with Gasteiger partial charge in [-0.05, 0) is 37.5 Å². The molecule has 0 spiro atoms. The highest BCUT2D eigenvalue weighted by Crippen LogP contribution is 2.16. The number of nitrogens with one attached hydrogen (secondary N) is 2. The van der Waals surface area contributed by atoms with Gasteiger partial charge in [-0.15, -0.1) is 0 Å². The predicted molar refractivity (Wildman–Crippen MR) is 99.7 cm³/mol. The lowest BCUT2D eigenvalue weighted by Crippen LogP contribution is -2.08. The summed E-state index contributed by atoms with van der Waals surface area (Å²) in [4.78, 5) is 9.00. The van der Waals surface area contributed by atoms with Crippen molar-refractivity contribution in [1.29, 1.82) is 0 Å². The zero-order valence-electron chi connectivity index (χ0n) is 13.9. The van der Waals surface area contributed by atoms with Gasteiger partial charge in [-0.3, -0.25) is 0 Å². The Morgan fingerprint density at radius 3 is 2.33 bits per heavy atom. The van der Waals surface area contributed by atoms with Gasteiger partial charge in [0.15, 0.2) is 0 Å². The first-order valence-electron chi connectivity index (χ1n) is 8.25. The fourth-order valence-corrected chi connectivity index (χ4v) is 2.52. The standard InChI is InChI=1S/C20H22N4/c1-16-15-19(23-18-12-6-3-7-13-18)24-20(22-16)21-14-8-11-17-9-4-2-5-10-17/h2-7,9-10,12-13,15H,8,11,14H2,1H3,(H2,21,22,23,24). The van der Waals surface area contributed by atoms with Gasteiger partial charge in [-0.1, -0.05) is 48.5 Å². The van der Waals surface area contributed by atoms with Gasteiger partial charge in [0.1, 0.15) is 5.82 Å². The smallest absolute Gasteiger partial charge is 0.224 e. The molecule has 0 saturated carbocycles. The van der Waals surface area contributed by atoms with Crippen molar-refractivity contribution in [2.75, 3.05) is 17.2 Å². The van der Waals surface area contributed by atoms with E-state index in [0.717, 1.165) is 36.6 Å². The number of anilines is 3. The monoisotopic (exact) mass is 318 g/mol. The van der Waals surface area contributed by atoms with Crippen molar-refractivity contribution in [3.8, 4) is 0 Å². The first-order chi connectivity index (χ1) is 11.8. The molecule has 122 valence electrons. The molecule has 3 aromatic rings. The normalized spacial score (nSPS) is 10.4. The number of hydrogen-bond acceptors (Lipinski definition) is 4. The number of rotatable bonds is 7. The van der Waals surface area contributed by atoms with Crippen LogP contribution < -0.4 is 10.6 Å². The van der Waals surface area contributed by atoms with E-state index in [-0.39, 0.29) is 0 Å². The summed E-state index contributed by atoms with van der Waals surface area (Å²) < 4.78 is 0. The maximum atomic E-state index is 4.54. The number of para-hydroxylation sites is 1. The molecule has 0 aliphatic heterocycles. The molecule has 0 atom stereocenters. The molecule has 2 aromatic carbocycles. The van der Waals surface area contributed by atoms with Crippen molar-refractivity contribution in [3.05, 3.63) is 78.0 Å². The molecule has 0 fully saturated rings. The predicted octanol–water partition coefficient (Wildman–Crippen LogP) is 4.57. The summed E-state index contributed by atoms with van der Waals surface area (Å²) in [5.74, 6) is 1.47. The van der Waals surface area contributed by atoms with E-state index in [0.29, 0.717) is 5.95 Å². The molecule has 3 rings (SSSR count). The number of benzene rings is 2. The maximum Gasteiger partial charge on any atom is 0.224 e. The van der Waals surface area contributed by atoms with Crippen LogP contribution in [0.15, 0.2) is 66.7 Å². The van der Waals surface area contributed by atoms with Crippen LogP contribution in [-0.4, -0.2) is 16.5 Å². The van der Waals surface area contributed by atoms with E-state index in [1.54, 1.807) is 0 Å². The van der Waals surface area contributed by atoms with Crippen LogP contribution in [0.3, 0.4) is 0 Å². The number of nitrogens with zero attached hydrogens (tertiary/aromatic N) is 2. The average Bonchev–Trinajstić information content (AvgIpc) is 2.60. The second-order valence-electron chi connectivity index (χ2n) is 5.73. The molecule has 0 amide bonds. The summed E-state index contributed by atoms with van der Waals surface area (Å²) in [6.45, 7) is 2.83. The minimum Gasteiger partial charge on any atom is -0.354 e. The third-order valence-corrected chi connectivity index (χ3v) is 3.67. The van der Waals surface area contributed by atoms with Gasteiger partial charge in [0.25, 0.3) is 0 Å². The Hall–Kier alpha value is -2.88. The lowest BCUT2D eigenvalue weighted by Gasteiger charge is -2.10. The SMILES string of the molecule is Cc1cc(Nc2ccccc2)nc(NCCCc2ccccc2)n1. The molecule has 4 heteroatoms. The van der Waals surface area contributed by atoms with Crippen molar-refractivity contribution >= 4 is 17.5 Å². The molecule has 0 saturated heterocycles. The topological polar surface area (TPSA) is 49.8 Å². The van der Waals surface area contributed by atoms with Crippen molar-refractivity contribution in [2.45, 2.75) is 19.8 Å². The number of aryl methyl sites for hydroxylation is 2. The minimum absolute atomic E-state index is 0.668. The van der Waals surface area contributed by atoms with Crippen LogP contribution in [0.2, 0.25) is 0 Å². The minimum atomic E-state index is 0.668. The number of hydrogen-bond donors (Lipinski definition) is 2. The maximum absolute atomic E-state index is 4.54. The van der Waals surface area contributed by atoms with Gasteiger partial charge >= 0.3 is 0 Å². The van der Waals surface area contributed by atoms with Gasteiger partial charge in [0, 0.05) is 24.0 Å². The molecule has 24 heavy (non-hydrogen) atoms. The highest BCUT2D eigenvalue weighted by atomic mass is 15.1. The van der Waals surface area contributed by atoms with Crippen LogP contribution in [0.5, 0.6) is 0 Å². The summed E-state index contributed by atoms with van der Waals surface area (Å²) in [6, 6.07) is 22.5. The average molecular weight is 318 g/mol. The zero-order valence-corrected chi connectivity index (χ0v) is 13.9. The molecular weight excluding hydrogens is 296 g/mol. The van der Waals surface area contributed by atoms with Crippen molar-refractivity contribution in [3.63, 3.8) is 0 Å². The van der Waals surface area contributed by atoms with E-state index >= 15 is 0 Å². The summed E-state index contributed by atoms with van der Waals surface area (Å²) in [6.07, 6.45) is 2.09. The molecule has 0 unspecified atom stereocenters. The van der Waals surface area contributed by atoms with Gasteiger partial charge in [-0.2, -0.15) is 4.98 Å². The van der Waals surface area contributed by atoms with Crippen LogP contribution in [0.4, 0.5) is 17.5 Å². The largest absolute Gasteiger partial charge is 0.354 e. The van der Waals surface area contributed by atoms with E-state index in [1.165, 1.54) is 5.56 Å². The molecule has 0 bridgehead atoms. The Morgan fingerprint density at radius 1 is 0.875 bits per heavy atom. The van der Waals surface area contributed by atoms with Gasteiger partial charge < -0.3 is 10.6 Å². The molecule has 1 aromatic heterocycles. The Labute approximate surface area is 143 Å². The molecule has 0 aliphatic carbocycles. The molecule has 4 nitrogen and oxygen atoms in total. The quantitative estimate of drug-likeness (QED) is 0.626. The van der Waals surface area contributed by atoms with E-state index in [4.69, 9.17) is 0 Å². The second kappa shape index (κ2) is 8.11. The fourth-order valence-electron chi connectivity index (χ4n) is 2.52. The summed E-state index contributed by atoms with van der Waals surface area (Å²) in [5.41, 5.74) is 3.32. The molecule has 0 aliphatic rings. The Bertz CT molecular complexity index is 757. The van der Waals surface area contributed by atoms with Crippen LogP contribution in [0.25, 0.3) is 0 Å². The third-order valence-electron chi connectivity index (χ3n) is 3.67. The summed E-state index contributed by atoms with van der Waals surface area (Å²) >= 11 is 0. The van der Waals surface area contributed by atoms with Crippen LogP contribution in [0, 0.1) is 6.92 Å². The Morgan fingerprint density at radius 2 is 1.58 bits per heavy atom. The Balaban J connectivity index is 1.55. The zero-order chi connectivity index (χ0) is 16.6. The van der Waals surface area contributed by atoms with Crippen LogP contribution in [-0.2, 0) is 6.42 Å². The first-order valence-corrected chi connectivity index (χ1v) is 8.25. The van der Waals surface area contributed by atoms with Gasteiger partial charge in [0.05, 0.1) is 0 Å². The van der Waals surface area contributed by atoms with Gasteiger partial charge in [-0.25, -0.2) is 4.98 Å². The summed E-state index contributed by atoms with van der Waals surface area (Å²) in [7, 11) is 0. The molecular formula is C20H22N4. The number of aromatic nitrogens is 2. The van der Waals surface area contributed by atoms with Crippen LogP contribution >= 0.6 is 0 Å². The van der Waals surface area contributed by atoms with E-state index < -0.39 is 0 Å². The fraction of sp³-hybridized carbons (Fsp3) is 0.200. The van der Waals surface area contributed by atoms with Crippen LogP contribution in [0.1, 0.15) is 17.7 Å². The van der Waals surface area contributed by atoms with Gasteiger partial charge in [0.2, 0.25) is 5.95 Å². The molecule has 2 N–H and O–H groups in total.